The molecule has 0 fully saturated rings. The molecular formula is C31H36N2. The number of nitrogens with zero attached hydrogens (tertiary/aromatic N) is 2. The standard InChI is InChI=1S/C31H36N2/c1-7-26(8-2)10-12-28-14-16-29(17-15-28)13-11-27(9-3)22-23-33(6)25-31-20-18-30(19-21-31)24-32(4)5/h7-8,14-17,22-23,27H,1,9,18,20,24-25H2,2-6H3/b23-22-,26-8+/t27-/m1/s1. The Morgan fingerprint density at radius 3 is 2.15 bits per heavy atom. The molecule has 1 aromatic carbocycles. The predicted octanol–water partition coefficient (Wildman–Crippen LogP) is 5.96. The van der Waals surface area contributed by atoms with Crippen LogP contribution in [0.25, 0.3) is 0 Å². The van der Waals surface area contributed by atoms with Crippen molar-refractivity contribution in [3.05, 3.63) is 94.6 Å². The summed E-state index contributed by atoms with van der Waals surface area (Å²) < 4.78 is 0. The molecule has 0 radical (unpaired) electrons. The lowest BCUT2D eigenvalue weighted by molar-refractivity contribution is 0.436. The van der Waals surface area contributed by atoms with E-state index in [0.717, 1.165) is 49.1 Å². The SMILES string of the molecule is C=C/C(C#Cc1ccc(C#C[C@H](/C=C\N(C)CC2=C=C=C(CN(C)C)CC2)CC)cc1)=C\C. The summed E-state index contributed by atoms with van der Waals surface area (Å²) in [6.07, 6.45) is 11.2. The van der Waals surface area contributed by atoms with E-state index in [2.05, 4.69) is 91.9 Å². The molecule has 1 aromatic rings. The van der Waals surface area contributed by atoms with Crippen molar-refractivity contribution in [2.45, 2.75) is 33.1 Å². The molecule has 0 spiro atoms. The van der Waals surface area contributed by atoms with Crippen molar-refractivity contribution in [3.8, 4) is 23.7 Å². The quantitative estimate of drug-likeness (QED) is 0.282. The van der Waals surface area contributed by atoms with Gasteiger partial charge in [0.1, 0.15) is 0 Å². The first kappa shape index (κ1) is 25.9. The molecular weight excluding hydrogens is 400 g/mol. The van der Waals surface area contributed by atoms with Crippen LogP contribution in [0.1, 0.15) is 44.2 Å². The molecule has 2 rings (SSSR count). The zero-order chi connectivity index (χ0) is 24.1. The molecule has 0 aliphatic heterocycles. The van der Waals surface area contributed by atoms with Crippen molar-refractivity contribution in [2.24, 2.45) is 5.92 Å². The van der Waals surface area contributed by atoms with Crippen LogP contribution in [-0.4, -0.2) is 44.0 Å². The van der Waals surface area contributed by atoms with Crippen LogP contribution >= 0.6 is 0 Å². The highest BCUT2D eigenvalue weighted by atomic mass is 15.1. The summed E-state index contributed by atoms with van der Waals surface area (Å²) >= 11 is 0. The Labute approximate surface area is 201 Å². The van der Waals surface area contributed by atoms with Crippen LogP contribution in [0.3, 0.4) is 0 Å². The third kappa shape index (κ3) is 9.74. The van der Waals surface area contributed by atoms with E-state index in [1.807, 2.05) is 37.3 Å². The fourth-order valence-corrected chi connectivity index (χ4v) is 3.31. The van der Waals surface area contributed by atoms with E-state index in [1.54, 1.807) is 6.08 Å². The Morgan fingerprint density at radius 1 is 1.03 bits per heavy atom. The van der Waals surface area contributed by atoms with Crippen LogP contribution in [0, 0.1) is 29.6 Å². The fraction of sp³-hybridized carbons (Fsp3) is 0.355. The molecule has 1 aliphatic carbocycles. The largest absolute Gasteiger partial charge is 0.376 e. The van der Waals surface area contributed by atoms with E-state index >= 15 is 0 Å². The van der Waals surface area contributed by atoms with Gasteiger partial charge >= 0.3 is 0 Å². The van der Waals surface area contributed by atoms with E-state index in [0.29, 0.717) is 0 Å². The molecule has 0 amide bonds. The third-order valence-electron chi connectivity index (χ3n) is 5.27. The molecule has 2 nitrogen and oxygen atoms in total. The van der Waals surface area contributed by atoms with Crippen molar-refractivity contribution in [1.29, 1.82) is 0 Å². The third-order valence-corrected chi connectivity index (χ3v) is 5.27. The van der Waals surface area contributed by atoms with Gasteiger partial charge in [0, 0.05) is 42.8 Å². The highest BCUT2D eigenvalue weighted by molar-refractivity contribution is 5.47. The van der Waals surface area contributed by atoms with Crippen LogP contribution in [0.4, 0.5) is 0 Å². The summed E-state index contributed by atoms with van der Waals surface area (Å²) in [5.41, 5.74) is 12.3. The van der Waals surface area contributed by atoms with Crippen LogP contribution < -0.4 is 0 Å². The van der Waals surface area contributed by atoms with E-state index in [-0.39, 0.29) is 5.92 Å². The topological polar surface area (TPSA) is 6.48 Å². The molecule has 1 aliphatic rings. The zero-order valence-corrected chi connectivity index (χ0v) is 20.8. The second-order valence-electron chi connectivity index (χ2n) is 8.51. The Morgan fingerprint density at radius 2 is 1.64 bits per heavy atom. The van der Waals surface area contributed by atoms with Gasteiger partial charge < -0.3 is 9.80 Å². The molecule has 0 saturated heterocycles. The molecule has 1 atom stereocenters. The van der Waals surface area contributed by atoms with Gasteiger partial charge in [-0.15, -0.1) is 0 Å². The average Bonchev–Trinajstić information content (AvgIpc) is 2.81. The predicted molar refractivity (Wildman–Crippen MR) is 142 cm³/mol. The van der Waals surface area contributed by atoms with Crippen LogP contribution in [0.15, 0.2) is 83.5 Å². The van der Waals surface area contributed by atoms with E-state index in [4.69, 9.17) is 0 Å². The number of hydrogen-bond acceptors (Lipinski definition) is 2. The maximum atomic E-state index is 3.77. The summed E-state index contributed by atoms with van der Waals surface area (Å²) in [7, 11) is 6.29. The molecule has 0 N–H and O–H groups in total. The minimum Gasteiger partial charge on any atom is -0.376 e. The Hall–Kier alpha value is -3.38. The summed E-state index contributed by atoms with van der Waals surface area (Å²) in [6.45, 7) is 9.75. The van der Waals surface area contributed by atoms with Crippen molar-refractivity contribution >= 4 is 0 Å². The highest BCUT2D eigenvalue weighted by Crippen LogP contribution is 2.16. The summed E-state index contributed by atoms with van der Waals surface area (Å²) in [5, 5.41) is 0. The average molecular weight is 437 g/mol. The Balaban J connectivity index is 1.97. The highest BCUT2D eigenvalue weighted by Gasteiger charge is 2.07. The number of benzene rings is 1. The lowest BCUT2D eigenvalue weighted by Gasteiger charge is -2.18. The fourth-order valence-electron chi connectivity index (χ4n) is 3.31. The van der Waals surface area contributed by atoms with Gasteiger partial charge in [-0.2, -0.15) is 0 Å². The Bertz CT molecular complexity index is 1090. The maximum absolute atomic E-state index is 3.77. The minimum absolute atomic E-state index is 0.222. The monoisotopic (exact) mass is 436 g/mol. The van der Waals surface area contributed by atoms with Crippen LogP contribution in [0.5, 0.6) is 0 Å². The Kier molecular flexibility index (Phi) is 10.9. The van der Waals surface area contributed by atoms with Gasteiger partial charge in [0.25, 0.3) is 0 Å². The molecule has 0 saturated carbocycles. The zero-order valence-electron chi connectivity index (χ0n) is 20.8. The molecule has 2 heteroatoms. The van der Waals surface area contributed by atoms with Crippen LogP contribution in [0.2, 0.25) is 0 Å². The van der Waals surface area contributed by atoms with Crippen molar-refractivity contribution in [2.75, 3.05) is 34.2 Å². The summed E-state index contributed by atoms with van der Waals surface area (Å²) in [4.78, 5) is 4.39. The van der Waals surface area contributed by atoms with E-state index < -0.39 is 0 Å². The number of rotatable bonds is 8. The second-order valence-corrected chi connectivity index (χ2v) is 8.51. The lowest BCUT2D eigenvalue weighted by Crippen LogP contribution is -2.18. The van der Waals surface area contributed by atoms with Gasteiger partial charge in [-0.3, -0.25) is 0 Å². The smallest absolute Gasteiger partial charge is 0.0461 e. The van der Waals surface area contributed by atoms with Crippen molar-refractivity contribution in [3.63, 3.8) is 0 Å². The van der Waals surface area contributed by atoms with Gasteiger partial charge in [-0.05, 0) is 81.9 Å². The maximum Gasteiger partial charge on any atom is 0.0461 e. The molecule has 0 heterocycles. The first-order valence-corrected chi connectivity index (χ1v) is 11.6. The molecule has 0 unspecified atom stereocenters. The normalized spacial score (nSPS) is 14.1. The van der Waals surface area contributed by atoms with Gasteiger partial charge in [0.15, 0.2) is 0 Å². The van der Waals surface area contributed by atoms with E-state index in [1.165, 1.54) is 11.1 Å². The van der Waals surface area contributed by atoms with Crippen molar-refractivity contribution < 1.29 is 0 Å². The van der Waals surface area contributed by atoms with Gasteiger partial charge in [-0.25, -0.2) is 0 Å². The van der Waals surface area contributed by atoms with Crippen molar-refractivity contribution in [1.82, 2.24) is 9.80 Å². The van der Waals surface area contributed by atoms with E-state index in [9.17, 15) is 0 Å². The molecule has 170 valence electrons. The molecule has 0 aromatic heterocycles. The summed E-state index contributed by atoms with van der Waals surface area (Å²) in [5.74, 6) is 13.2. The second kappa shape index (κ2) is 13.9. The molecule has 33 heavy (non-hydrogen) atoms. The number of allylic oxidation sites excluding steroid dienone is 4. The summed E-state index contributed by atoms with van der Waals surface area (Å²) in [6, 6.07) is 8.09. The van der Waals surface area contributed by atoms with Gasteiger partial charge in [-0.1, -0.05) is 66.9 Å². The minimum atomic E-state index is 0.222. The van der Waals surface area contributed by atoms with Gasteiger partial charge in [0.05, 0.1) is 0 Å². The number of hydrogen-bond donors (Lipinski definition) is 0. The lowest BCUT2D eigenvalue weighted by atomic mass is 10.0. The first-order chi connectivity index (χ1) is 15.9. The van der Waals surface area contributed by atoms with Gasteiger partial charge in [0.2, 0.25) is 0 Å². The first-order valence-electron chi connectivity index (χ1n) is 11.6. The van der Waals surface area contributed by atoms with Crippen LogP contribution in [-0.2, 0) is 0 Å². The molecule has 0 bridgehead atoms. The number of likely N-dealkylation sites (N-methyl/N-ethyl adjacent to an activating group) is 2.